The van der Waals surface area contributed by atoms with Crippen molar-refractivity contribution in [2.45, 2.75) is 6.92 Å². The lowest BCUT2D eigenvalue weighted by Gasteiger charge is -2.02. The Morgan fingerprint density at radius 2 is 2.14 bits per heavy atom. The van der Waals surface area contributed by atoms with Crippen LogP contribution in [0, 0.1) is 17.7 Å². The Kier molecular flexibility index (Phi) is 3.59. The molecular weight excluding hydrogens is 196 g/mol. The third-order valence-electron chi connectivity index (χ3n) is 1.60. The van der Waals surface area contributed by atoms with Crippen molar-refractivity contribution in [1.82, 2.24) is 0 Å². The Balaban J connectivity index is 2.79. The molecule has 72 valence electrons. The van der Waals surface area contributed by atoms with Gasteiger partial charge >= 0.3 is 0 Å². The Morgan fingerprint density at radius 1 is 1.43 bits per heavy atom. The van der Waals surface area contributed by atoms with Crippen LogP contribution in [0.3, 0.4) is 0 Å². The smallest absolute Gasteiger partial charge is 0.174 e. The molecule has 0 amide bonds. The highest BCUT2D eigenvalue weighted by Gasteiger charge is 2.05. The van der Waals surface area contributed by atoms with Gasteiger partial charge < -0.3 is 0 Å². The molecule has 0 aliphatic rings. The van der Waals surface area contributed by atoms with Gasteiger partial charge in [-0.1, -0.05) is 23.8 Å². The maximum Gasteiger partial charge on any atom is 0.174 e. The molecule has 1 aromatic carbocycles. The summed E-state index contributed by atoms with van der Waals surface area (Å²) in [6, 6.07) is 7.44. The minimum atomic E-state index is -0.142. The minimum absolute atomic E-state index is 0.142. The van der Waals surface area contributed by atoms with E-state index in [-0.39, 0.29) is 10.1 Å². The van der Waals surface area contributed by atoms with E-state index in [0.29, 0.717) is 6.29 Å². The monoisotopic (exact) mass is 206 g/mol. The molecule has 0 atom stereocenters. The van der Waals surface area contributed by atoms with E-state index >= 15 is 0 Å². The van der Waals surface area contributed by atoms with Crippen LogP contribution in [0.2, 0.25) is 0 Å². The molecule has 3 nitrogen and oxygen atoms in total. The molecule has 0 fully saturated rings. The third kappa shape index (κ3) is 2.81. The predicted molar refractivity (Wildman–Crippen MR) is 59.4 cm³/mol. The summed E-state index contributed by atoms with van der Waals surface area (Å²) < 4.78 is 0. The molecule has 4 heteroatoms. The van der Waals surface area contributed by atoms with Gasteiger partial charge in [-0.25, -0.2) is 0 Å². The lowest BCUT2D eigenvalue weighted by atomic mass is 10.1. The van der Waals surface area contributed by atoms with Crippen LogP contribution in [-0.2, 0) is 4.79 Å². The number of thioether (sulfide) groups is 1. The van der Waals surface area contributed by atoms with Gasteiger partial charge in [-0.15, -0.1) is 0 Å². The average molecular weight is 206 g/mol. The van der Waals surface area contributed by atoms with Crippen molar-refractivity contribution in [2.24, 2.45) is 0 Å². The van der Waals surface area contributed by atoms with Crippen molar-refractivity contribution < 1.29 is 4.79 Å². The Bertz CT molecular complexity index is 387. The fourth-order valence-electron chi connectivity index (χ4n) is 0.979. The van der Waals surface area contributed by atoms with E-state index in [1.165, 1.54) is 0 Å². The topological polar surface area (TPSA) is 64.8 Å². The van der Waals surface area contributed by atoms with Crippen molar-refractivity contribution in [1.29, 1.82) is 10.8 Å². The van der Waals surface area contributed by atoms with Crippen LogP contribution < -0.4 is 0 Å². The molecular formula is C10H10N2OS. The zero-order valence-corrected chi connectivity index (χ0v) is 8.52. The van der Waals surface area contributed by atoms with Crippen molar-refractivity contribution >= 4 is 28.1 Å². The number of carbonyl (C=O) groups is 1. The van der Waals surface area contributed by atoms with Gasteiger partial charge in [0, 0.05) is 5.56 Å². The van der Waals surface area contributed by atoms with Gasteiger partial charge in [-0.3, -0.25) is 15.6 Å². The zero-order valence-electron chi connectivity index (χ0n) is 7.70. The van der Waals surface area contributed by atoms with Gasteiger partial charge in [0.2, 0.25) is 0 Å². The van der Waals surface area contributed by atoms with E-state index in [1.54, 1.807) is 6.07 Å². The zero-order chi connectivity index (χ0) is 10.6. The molecule has 0 unspecified atom stereocenters. The van der Waals surface area contributed by atoms with E-state index in [9.17, 15) is 4.79 Å². The second-order valence-electron chi connectivity index (χ2n) is 2.78. The number of nitrogens with one attached hydrogen (secondary N) is 2. The van der Waals surface area contributed by atoms with Gasteiger partial charge in [0.1, 0.15) is 10.1 Å². The number of aryl methyl sites for hydroxylation is 1. The van der Waals surface area contributed by atoms with Crippen molar-refractivity contribution in [2.75, 3.05) is 0 Å². The molecule has 0 saturated carbocycles. The Morgan fingerprint density at radius 3 is 2.71 bits per heavy atom. The molecule has 0 radical (unpaired) electrons. The fraction of sp³-hybridized carbons (Fsp3) is 0.100. The van der Waals surface area contributed by atoms with Gasteiger partial charge in [0.05, 0.1) is 0 Å². The van der Waals surface area contributed by atoms with Crippen LogP contribution in [-0.4, -0.2) is 16.4 Å². The molecule has 1 rings (SSSR count). The van der Waals surface area contributed by atoms with Crippen LogP contribution >= 0.6 is 11.8 Å². The van der Waals surface area contributed by atoms with Gasteiger partial charge in [0.15, 0.2) is 6.29 Å². The minimum Gasteiger partial charge on any atom is -0.296 e. The van der Waals surface area contributed by atoms with Crippen LogP contribution in [0.25, 0.3) is 0 Å². The third-order valence-corrected chi connectivity index (χ3v) is 2.36. The first kappa shape index (κ1) is 10.7. The second kappa shape index (κ2) is 4.72. The molecule has 0 aromatic heterocycles. The molecule has 0 spiro atoms. The summed E-state index contributed by atoms with van der Waals surface area (Å²) in [7, 11) is 0. The maximum absolute atomic E-state index is 10.2. The van der Waals surface area contributed by atoms with E-state index in [0.717, 1.165) is 22.9 Å². The lowest BCUT2D eigenvalue weighted by Crippen LogP contribution is -2.00. The number of aldehydes is 1. The first-order valence-electron chi connectivity index (χ1n) is 4.00. The molecule has 0 aliphatic heterocycles. The van der Waals surface area contributed by atoms with Crippen molar-refractivity contribution in [3.63, 3.8) is 0 Å². The molecule has 14 heavy (non-hydrogen) atoms. The van der Waals surface area contributed by atoms with Gasteiger partial charge in [-0.05, 0) is 24.8 Å². The van der Waals surface area contributed by atoms with Crippen LogP contribution in [0.1, 0.15) is 11.1 Å². The van der Waals surface area contributed by atoms with Crippen molar-refractivity contribution in [3.05, 3.63) is 35.4 Å². The molecule has 1 aromatic rings. The van der Waals surface area contributed by atoms with Crippen LogP contribution in [0.5, 0.6) is 0 Å². The van der Waals surface area contributed by atoms with Gasteiger partial charge in [-0.2, -0.15) is 0 Å². The van der Waals surface area contributed by atoms with Crippen LogP contribution in [0.15, 0.2) is 24.3 Å². The summed E-state index contributed by atoms with van der Waals surface area (Å²) in [5.41, 5.74) is 1.80. The Labute approximate surface area is 86.5 Å². The summed E-state index contributed by atoms with van der Waals surface area (Å²) in [6.07, 6.45) is 0.439. The summed E-state index contributed by atoms with van der Waals surface area (Å²) in [6.45, 7) is 1.94. The highest BCUT2D eigenvalue weighted by Crippen LogP contribution is 2.13. The normalized spacial score (nSPS) is 9.50. The summed E-state index contributed by atoms with van der Waals surface area (Å²) in [4.78, 5) is 10.2. The summed E-state index contributed by atoms with van der Waals surface area (Å²) >= 11 is 0.860. The number of rotatable bonds is 2. The fourth-order valence-corrected chi connectivity index (χ4v) is 1.49. The largest absolute Gasteiger partial charge is 0.296 e. The first-order chi connectivity index (χ1) is 6.63. The number of carbonyl (C=O) groups excluding carboxylic acids is 1. The first-order valence-corrected chi connectivity index (χ1v) is 4.82. The van der Waals surface area contributed by atoms with Crippen molar-refractivity contribution in [3.8, 4) is 0 Å². The van der Waals surface area contributed by atoms with E-state index in [2.05, 4.69) is 0 Å². The average Bonchev–Trinajstić information content (AvgIpc) is 2.17. The van der Waals surface area contributed by atoms with E-state index < -0.39 is 0 Å². The number of hydrogen-bond donors (Lipinski definition) is 2. The maximum atomic E-state index is 10.2. The highest BCUT2D eigenvalue weighted by atomic mass is 32.2. The second-order valence-corrected chi connectivity index (χ2v) is 3.83. The standard InChI is InChI=1S/C10H10N2OS/c1-7-3-2-4-8(5-7)10(12)14-9(11)6-13/h2-6,11-12H,1H3. The molecule has 0 saturated heterocycles. The molecule has 2 N–H and O–H groups in total. The Hall–Kier alpha value is -1.42. The number of hydrogen-bond acceptors (Lipinski definition) is 4. The molecule has 0 bridgehead atoms. The highest BCUT2D eigenvalue weighted by molar-refractivity contribution is 8.28. The summed E-state index contributed by atoms with van der Waals surface area (Å²) in [5.74, 6) is 0. The quantitative estimate of drug-likeness (QED) is 0.442. The SMILES string of the molecule is Cc1cccc(C(=N)SC(=N)C=O)c1. The lowest BCUT2D eigenvalue weighted by molar-refractivity contribution is -0.102. The van der Waals surface area contributed by atoms with E-state index in [4.69, 9.17) is 10.8 Å². The molecule has 0 aliphatic carbocycles. The van der Waals surface area contributed by atoms with Gasteiger partial charge in [0.25, 0.3) is 0 Å². The predicted octanol–water partition coefficient (Wildman–Crippen LogP) is 2.23. The summed E-state index contributed by atoms with van der Waals surface area (Å²) in [5, 5.41) is 14.8. The number of benzene rings is 1. The molecule has 0 heterocycles. The van der Waals surface area contributed by atoms with E-state index in [1.807, 2.05) is 25.1 Å². The van der Waals surface area contributed by atoms with Crippen LogP contribution in [0.4, 0.5) is 0 Å².